The van der Waals surface area contributed by atoms with Gasteiger partial charge in [0.05, 0.1) is 10.7 Å². The van der Waals surface area contributed by atoms with Gasteiger partial charge in [-0.3, -0.25) is 4.79 Å². The molecule has 0 radical (unpaired) electrons. The summed E-state index contributed by atoms with van der Waals surface area (Å²) in [5.74, 6) is -0.155. The number of hydrogen-bond donors (Lipinski definition) is 1. The van der Waals surface area contributed by atoms with Crippen molar-refractivity contribution >= 4 is 39.1 Å². The van der Waals surface area contributed by atoms with Gasteiger partial charge in [0.15, 0.2) is 0 Å². The molecule has 2 aromatic carbocycles. The third-order valence-electron chi connectivity index (χ3n) is 2.80. The Labute approximate surface area is 125 Å². The van der Waals surface area contributed by atoms with Crippen LogP contribution < -0.4 is 5.32 Å². The smallest absolute Gasteiger partial charge is 0.255 e. The maximum Gasteiger partial charge on any atom is 0.255 e. The van der Waals surface area contributed by atoms with E-state index in [-0.39, 0.29) is 5.91 Å². The standard InChI is InChI=1S/C15H13BrClNO/c1-9-3-5-12(10(2)7-9)15(19)18-14-8-11(16)4-6-13(14)17/h3-8H,1-2H3,(H,18,19). The number of hydrogen-bond acceptors (Lipinski definition) is 1. The summed E-state index contributed by atoms with van der Waals surface area (Å²) in [6, 6.07) is 11.1. The van der Waals surface area contributed by atoms with Crippen molar-refractivity contribution in [3.8, 4) is 0 Å². The highest BCUT2D eigenvalue weighted by molar-refractivity contribution is 9.10. The van der Waals surface area contributed by atoms with Gasteiger partial charge in [-0.15, -0.1) is 0 Å². The number of amides is 1. The predicted molar refractivity (Wildman–Crippen MR) is 83.0 cm³/mol. The normalized spacial score (nSPS) is 10.3. The highest BCUT2D eigenvalue weighted by Gasteiger charge is 2.11. The second-order valence-electron chi connectivity index (χ2n) is 4.40. The number of carbonyl (C=O) groups is 1. The lowest BCUT2D eigenvalue weighted by atomic mass is 10.1. The molecule has 0 aliphatic heterocycles. The van der Waals surface area contributed by atoms with Gasteiger partial charge >= 0.3 is 0 Å². The molecule has 2 aromatic rings. The number of carbonyl (C=O) groups excluding carboxylic acids is 1. The summed E-state index contributed by atoms with van der Waals surface area (Å²) in [5.41, 5.74) is 3.33. The maximum absolute atomic E-state index is 12.2. The van der Waals surface area contributed by atoms with Crippen LogP contribution in [0.15, 0.2) is 40.9 Å². The molecular formula is C15H13BrClNO. The monoisotopic (exact) mass is 337 g/mol. The third kappa shape index (κ3) is 3.37. The van der Waals surface area contributed by atoms with E-state index in [9.17, 15) is 4.79 Å². The van der Waals surface area contributed by atoms with E-state index in [2.05, 4.69) is 21.2 Å². The lowest BCUT2D eigenvalue weighted by Crippen LogP contribution is -2.13. The summed E-state index contributed by atoms with van der Waals surface area (Å²) in [7, 11) is 0. The van der Waals surface area contributed by atoms with Crippen molar-refractivity contribution in [3.05, 3.63) is 62.6 Å². The van der Waals surface area contributed by atoms with E-state index < -0.39 is 0 Å². The summed E-state index contributed by atoms with van der Waals surface area (Å²) in [6.07, 6.45) is 0. The highest BCUT2D eigenvalue weighted by Crippen LogP contribution is 2.26. The summed E-state index contributed by atoms with van der Waals surface area (Å²) in [6.45, 7) is 3.92. The first kappa shape index (κ1) is 14.1. The Kier molecular flexibility index (Phi) is 4.27. The molecule has 2 nitrogen and oxygen atoms in total. The van der Waals surface area contributed by atoms with Crippen LogP contribution >= 0.6 is 27.5 Å². The molecule has 0 fully saturated rings. The van der Waals surface area contributed by atoms with E-state index in [4.69, 9.17) is 11.6 Å². The summed E-state index contributed by atoms with van der Waals surface area (Å²) >= 11 is 9.41. The van der Waals surface area contributed by atoms with Crippen LogP contribution in [-0.2, 0) is 0 Å². The van der Waals surface area contributed by atoms with Crippen molar-refractivity contribution in [2.45, 2.75) is 13.8 Å². The number of halogens is 2. The largest absolute Gasteiger partial charge is 0.321 e. The Morgan fingerprint density at radius 1 is 1.16 bits per heavy atom. The average molecular weight is 339 g/mol. The molecule has 0 saturated carbocycles. The van der Waals surface area contributed by atoms with E-state index in [1.807, 2.05) is 38.1 Å². The minimum atomic E-state index is -0.155. The molecule has 4 heteroatoms. The van der Waals surface area contributed by atoms with Gasteiger partial charge < -0.3 is 5.32 Å². The number of aryl methyl sites for hydroxylation is 2. The van der Waals surface area contributed by atoms with Crippen molar-refractivity contribution in [2.75, 3.05) is 5.32 Å². The lowest BCUT2D eigenvalue weighted by Gasteiger charge is -2.10. The van der Waals surface area contributed by atoms with Crippen molar-refractivity contribution < 1.29 is 4.79 Å². The first-order valence-electron chi connectivity index (χ1n) is 5.81. The summed E-state index contributed by atoms with van der Waals surface area (Å²) in [4.78, 5) is 12.2. The summed E-state index contributed by atoms with van der Waals surface area (Å²) < 4.78 is 0.868. The van der Waals surface area contributed by atoms with Crippen LogP contribution in [0.4, 0.5) is 5.69 Å². The van der Waals surface area contributed by atoms with E-state index in [0.29, 0.717) is 16.3 Å². The molecule has 19 heavy (non-hydrogen) atoms. The average Bonchev–Trinajstić information content (AvgIpc) is 2.33. The number of benzene rings is 2. The minimum Gasteiger partial charge on any atom is -0.321 e. The third-order valence-corrected chi connectivity index (χ3v) is 3.63. The van der Waals surface area contributed by atoms with Crippen molar-refractivity contribution in [3.63, 3.8) is 0 Å². The van der Waals surface area contributed by atoms with E-state index >= 15 is 0 Å². The van der Waals surface area contributed by atoms with E-state index in [1.54, 1.807) is 12.1 Å². The molecule has 2 rings (SSSR count). The molecule has 0 unspecified atom stereocenters. The van der Waals surface area contributed by atoms with Gasteiger partial charge in [-0.05, 0) is 43.7 Å². The van der Waals surface area contributed by atoms with Crippen molar-refractivity contribution in [1.29, 1.82) is 0 Å². The van der Waals surface area contributed by atoms with E-state index in [0.717, 1.165) is 15.6 Å². The fourth-order valence-corrected chi connectivity index (χ4v) is 2.38. The van der Waals surface area contributed by atoms with Crippen LogP contribution in [0.1, 0.15) is 21.5 Å². The van der Waals surface area contributed by atoms with Crippen molar-refractivity contribution in [1.82, 2.24) is 0 Å². The maximum atomic E-state index is 12.2. The number of rotatable bonds is 2. The molecule has 0 heterocycles. The first-order valence-corrected chi connectivity index (χ1v) is 6.98. The SMILES string of the molecule is Cc1ccc(C(=O)Nc2cc(Br)ccc2Cl)c(C)c1. The molecule has 1 amide bonds. The highest BCUT2D eigenvalue weighted by atomic mass is 79.9. The molecule has 1 N–H and O–H groups in total. The Bertz CT molecular complexity index is 640. The fourth-order valence-electron chi connectivity index (χ4n) is 1.85. The van der Waals surface area contributed by atoms with E-state index in [1.165, 1.54) is 0 Å². The Morgan fingerprint density at radius 2 is 1.89 bits per heavy atom. The van der Waals surface area contributed by atoms with Gasteiger partial charge in [0.25, 0.3) is 5.91 Å². The molecule has 0 bridgehead atoms. The van der Waals surface area contributed by atoms with Crippen molar-refractivity contribution in [2.24, 2.45) is 0 Å². The second-order valence-corrected chi connectivity index (χ2v) is 5.72. The predicted octanol–water partition coefficient (Wildman–Crippen LogP) is 4.97. The Morgan fingerprint density at radius 3 is 2.58 bits per heavy atom. The van der Waals surface area contributed by atoms with Gasteiger partial charge in [0, 0.05) is 10.0 Å². The van der Waals surface area contributed by atoms with Gasteiger partial charge in [0.2, 0.25) is 0 Å². The number of nitrogens with one attached hydrogen (secondary N) is 1. The molecule has 98 valence electrons. The van der Waals surface area contributed by atoms with Gasteiger partial charge in [-0.25, -0.2) is 0 Å². The van der Waals surface area contributed by atoms with Crippen LogP contribution in [0.25, 0.3) is 0 Å². The zero-order valence-electron chi connectivity index (χ0n) is 10.6. The molecule has 0 saturated heterocycles. The molecular weight excluding hydrogens is 326 g/mol. The summed E-state index contributed by atoms with van der Waals surface area (Å²) in [5, 5.41) is 3.34. The molecule has 0 atom stereocenters. The van der Waals surface area contributed by atoms with Gasteiger partial charge in [-0.1, -0.05) is 45.2 Å². The molecule has 0 spiro atoms. The van der Waals surface area contributed by atoms with Crippen LogP contribution in [-0.4, -0.2) is 5.91 Å². The first-order chi connectivity index (χ1) is 8.97. The zero-order chi connectivity index (χ0) is 14.0. The van der Waals surface area contributed by atoms with Gasteiger partial charge in [-0.2, -0.15) is 0 Å². The molecule has 0 aliphatic carbocycles. The van der Waals surface area contributed by atoms with Crippen LogP contribution in [0.2, 0.25) is 5.02 Å². The minimum absolute atomic E-state index is 0.155. The molecule has 0 aliphatic rings. The Hall–Kier alpha value is -1.32. The van der Waals surface area contributed by atoms with Crippen LogP contribution in [0, 0.1) is 13.8 Å². The van der Waals surface area contributed by atoms with Gasteiger partial charge in [0.1, 0.15) is 0 Å². The van der Waals surface area contributed by atoms with Crippen LogP contribution in [0.3, 0.4) is 0 Å². The Balaban J connectivity index is 2.28. The fraction of sp³-hybridized carbons (Fsp3) is 0.133. The second kappa shape index (κ2) is 5.76. The quantitative estimate of drug-likeness (QED) is 0.823. The lowest BCUT2D eigenvalue weighted by molar-refractivity contribution is 0.102. The molecule has 0 aromatic heterocycles. The number of anilines is 1. The topological polar surface area (TPSA) is 29.1 Å². The zero-order valence-corrected chi connectivity index (χ0v) is 13.0. The van der Waals surface area contributed by atoms with Crippen LogP contribution in [0.5, 0.6) is 0 Å².